The van der Waals surface area contributed by atoms with Crippen LogP contribution in [0.3, 0.4) is 0 Å². The Morgan fingerprint density at radius 3 is 2.60 bits per heavy atom. The number of ether oxygens (including phenoxy) is 2. The van der Waals surface area contributed by atoms with Gasteiger partial charge in [0.2, 0.25) is 0 Å². The molecule has 1 N–H and O–H groups in total. The minimum atomic E-state index is -0.0765. The summed E-state index contributed by atoms with van der Waals surface area (Å²) in [6, 6.07) is 18.5. The Bertz CT molecular complexity index is 839. The summed E-state index contributed by atoms with van der Waals surface area (Å²) in [6.07, 6.45) is 0.920. The molecule has 0 unspecified atom stereocenters. The normalized spacial score (nSPS) is 24.6. The quantitative estimate of drug-likeness (QED) is 0.812. The van der Waals surface area contributed by atoms with Crippen molar-refractivity contribution < 1.29 is 14.3 Å². The summed E-state index contributed by atoms with van der Waals surface area (Å²) in [5.41, 5.74) is 2.01. The summed E-state index contributed by atoms with van der Waals surface area (Å²) < 4.78 is 11.5. The lowest BCUT2D eigenvalue weighted by atomic mass is 10.1. The summed E-state index contributed by atoms with van der Waals surface area (Å²) >= 11 is 0. The maximum Gasteiger partial charge on any atom is 0.322 e. The van der Waals surface area contributed by atoms with E-state index in [9.17, 15) is 4.79 Å². The Morgan fingerprint density at radius 1 is 1.07 bits per heavy atom. The fourth-order valence-corrected chi connectivity index (χ4v) is 4.16. The highest BCUT2D eigenvalue weighted by atomic mass is 16.5. The summed E-state index contributed by atoms with van der Waals surface area (Å²) in [5, 5.41) is 3.07. The lowest BCUT2D eigenvalue weighted by Crippen LogP contribution is -2.58. The van der Waals surface area contributed by atoms with E-state index in [0.717, 1.165) is 26.1 Å². The van der Waals surface area contributed by atoms with Gasteiger partial charge in [0.05, 0.1) is 18.9 Å². The Balaban J connectivity index is 1.38. The number of nitrogens with one attached hydrogen (secondary N) is 1. The number of hydrogen-bond donors (Lipinski definition) is 1. The predicted octanol–water partition coefficient (Wildman–Crippen LogP) is 3.98. The fraction of sp³-hybridized carbons (Fsp3) is 0.458. The van der Waals surface area contributed by atoms with Crippen molar-refractivity contribution in [3.63, 3.8) is 0 Å². The number of hydrogen-bond acceptors (Lipinski definition) is 4. The van der Waals surface area contributed by atoms with Gasteiger partial charge in [0.15, 0.2) is 0 Å². The van der Waals surface area contributed by atoms with Crippen LogP contribution in [0, 0.1) is 0 Å². The van der Waals surface area contributed by atoms with Crippen LogP contribution in [0.4, 0.5) is 10.5 Å². The summed E-state index contributed by atoms with van der Waals surface area (Å²) in [5.74, 6) is 0.699. The SMILES string of the molecule is C[C@@H]1CN(C(=O)Nc2ccccc2O[C@@H]2CCOC2)[C@H](C)CN1Cc1ccccc1. The van der Waals surface area contributed by atoms with E-state index in [1.807, 2.05) is 35.2 Å². The van der Waals surface area contributed by atoms with Gasteiger partial charge in [-0.3, -0.25) is 4.90 Å². The molecular formula is C24H31N3O3. The van der Waals surface area contributed by atoms with Crippen LogP contribution >= 0.6 is 0 Å². The first-order valence-corrected chi connectivity index (χ1v) is 10.8. The summed E-state index contributed by atoms with van der Waals surface area (Å²) in [4.78, 5) is 17.5. The van der Waals surface area contributed by atoms with Gasteiger partial charge in [0.25, 0.3) is 0 Å². The zero-order valence-corrected chi connectivity index (χ0v) is 17.8. The second-order valence-electron chi connectivity index (χ2n) is 8.30. The topological polar surface area (TPSA) is 54.0 Å². The minimum absolute atomic E-state index is 0.0449. The van der Waals surface area contributed by atoms with Crippen LogP contribution in [-0.2, 0) is 11.3 Å². The molecule has 4 rings (SSSR count). The van der Waals surface area contributed by atoms with Gasteiger partial charge in [-0.25, -0.2) is 4.79 Å². The van der Waals surface area contributed by atoms with Crippen molar-refractivity contribution in [3.8, 4) is 5.75 Å². The molecule has 0 aliphatic carbocycles. The monoisotopic (exact) mass is 409 g/mol. The second kappa shape index (κ2) is 9.49. The largest absolute Gasteiger partial charge is 0.486 e. The second-order valence-corrected chi connectivity index (χ2v) is 8.30. The molecule has 2 amide bonds. The van der Waals surface area contributed by atoms with E-state index < -0.39 is 0 Å². The van der Waals surface area contributed by atoms with E-state index in [0.29, 0.717) is 24.6 Å². The van der Waals surface area contributed by atoms with Gasteiger partial charge in [0, 0.05) is 38.1 Å². The average molecular weight is 410 g/mol. The third-order valence-electron chi connectivity index (χ3n) is 5.91. The molecule has 2 aliphatic rings. The average Bonchev–Trinajstić information content (AvgIpc) is 3.26. The molecule has 2 heterocycles. The van der Waals surface area contributed by atoms with Gasteiger partial charge in [-0.1, -0.05) is 42.5 Å². The van der Waals surface area contributed by atoms with Gasteiger partial charge in [0.1, 0.15) is 11.9 Å². The first-order chi connectivity index (χ1) is 14.6. The molecule has 0 aromatic heterocycles. The van der Waals surface area contributed by atoms with Crippen LogP contribution in [0.1, 0.15) is 25.8 Å². The van der Waals surface area contributed by atoms with Crippen molar-refractivity contribution >= 4 is 11.7 Å². The number of rotatable bonds is 5. The number of urea groups is 1. The first kappa shape index (κ1) is 20.7. The van der Waals surface area contributed by atoms with Gasteiger partial charge in [-0.2, -0.15) is 0 Å². The van der Waals surface area contributed by atoms with Crippen LogP contribution in [-0.4, -0.2) is 60.3 Å². The molecule has 6 nitrogen and oxygen atoms in total. The highest BCUT2D eigenvalue weighted by Crippen LogP contribution is 2.28. The maximum absolute atomic E-state index is 13.1. The number of carbonyl (C=O) groups is 1. The third-order valence-corrected chi connectivity index (χ3v) is 5.91. The fourth-order valence-electron chi connectivity index (χ4n) is 4.16. The van der Waals surface area contributed by atoms with Gasteiger partial charge < -0.3 is 19.7 Å². The molecule has 2 aromatic rings. The molecule has 2 fully saturated rings. The zero-order valence-electron chi connectivity index (χ0n) is 17.8. The molecule has 2 aliphatic heterocycles. The Morgan fingerprint density at radius 2 is 1.83 bits per heavy atom. The van der Waals surface area contributed by atoms with Gasteiger partial charge in [-0.05, 0) is 31.5 Å². The van der Waals surface area contributed by atoms with Crippen LogP contribution in [0.25, 0.3) is 0 Å². The summed E-state index contributed by atoms with van der Waals surface area (Å²) in [6.45, 7) is 8.07. The molecule has 0 bridgehead atoms. The number of para-hydroxylation sites is 2. The molecule has 2 saturated heterocycles. The van der Waals surface area contributed by atoms with Crippen LogP contribution in [0.15, 0.2) is 54.6 Å². The zero-order chi connectivity index (χ0) is 20.9. The van der Waals surface area contributed by atoms with Crippen LogP contribution in [0.2, 0.25) is 0 Å². The van der Waals surface area contributed by atoms with Crippen molar-refractivity contribution in [3.05, 3.63) is 60.2 Å². The number of carbonyl (C=O) groups excluding carboxylic acids is 1. The molecule has 0 radical (unpaired) electrons. The Kier molecular flexibility index (Phi) is 6.55. The van der Waals surface area contributed by atoms with Crippen molar-refractivity contribution in [1.82, 2.24) is 9.80 Å². The summed E-state index contributed by atoms with van der Waals surface area (Å²) in [7, 11) is 0. The van der Waals surface area contributed by atoms with E-state index >= 15 is 0 Å². The number of amides is 2. The van der Waals surface area contributed by atoms with E-state index in [1.165, 1.54) is 5.56 Å². The maximum atomic E-state index is 13.1. The highest BCUT2D eigenvalue weighted by Gasteiger charge is 2.32. The van der Waals surface area contributed by atoms with Crippen molar-refractivity contribution in [2.45, 2.75) is 45.0 Å². The lowest BCUT2D eigenvalue weighted by Gasteiger charge is -2.44. The van der Waals surface area contributed by atoms with Gasteiger partial charge >= 0.3 is 6.03 Å². The molecule has 2 aromatic carbocycles. The highest BCUT2D eigenvalue weighted by molar-refractivity contribution is 5.91. The molecule has 0 spiro atoms. The molecule has 6 heteroatoms. The number of nitrogens with zero attached hydrogens (tertiary/aromatic N) is 2. The Labute approximate surface area is 178 Å². The lowest BCUT2D eigenvalue weighted by molar-refractivity contribution is 0.0626. The Hall–Kier alpha value is -2.57. The number of benzene rings is 2. The molecule has 160 valence electrons. The molecule has 0 saturated carbocycles. The van der Waals surface area contributed by atoms with E-state index in [2.05, 4.69) is 48.3 Å². The van der Waals surface area contributed by atoms with Crippen LogP contribution < -0.4 is 10.1 Å². The van der Waals surface area contributed by atoms with Gasteiger partial charge in [-0.15, -0.1) is 0 Å². The standard InChI is InChI=1S/C24H31N3O3/c1-18-15-27(19(2)14-26(18)16-20-8-4-3-5-9-20)24(28)25-22-10-6-7-11-23(22)30-21-12-13-29-17-21/h3-11,18-19,21H,12-17H2,1-2H3,(H,25,28)/t18-,19-,21-/m1/s1. The molecular weight excluding hydrogens is 378 g/mol. The predicted molar refractivity (Wildman–Crippen MR) is 118 cm³/mol. The van der Waals surface area contributed by atoms with E-state index in [1.54, 1.807) is 0 Å². The van der Waals surface area contributed by atoms with Crippen molar-refractivity contribution in [2.24, 2.45) is 0 Å². The minimum Gasteiger partial charge on any atom is -0.486 e. The van der Waals surface area contributed by atoms with E-state index in [4.69, 9.17) is 9.47 Å². The van der Waals surface area contributed by atoms with E-state index in [-0.39, 0.29) is 24.2 Å². The first-order valence-electron chi connectivity index (χ1n) is 10.8. The van der Waals surface area contributed by atoms with Crippen LogP contribution in [0.5, 0.6) is 5.75 Å². The number of piperazine rings is 1. The van der Waals surface area contributed by atoms with Crippen molar-refractivity contribution in [1.29, 1.82) is 0 Å². The molecule has 3 atom stereocenters. The van der Waals surface area contributed by atoms with Crippen molar-refractivity contribution in [2.75, 3.05) is 31.6 Å². The molecule has 30 heavy (non-hydrogen) atoms. The smallest absolute Gasteiger partial charge is 0.322 e. The number of anilines is 1. The third kappa shape index (κ3) is 4.94.